The van der Waals surface area contributed by atoms with Crippen molar-refractivity contribution in [3.63, 3.8) is 0 Å². The lowest BCUT2D eigenvalue weighted by atomic mass is 9.84. The molecular formula is C16H28N2O3. The summed E-state index contributed by atoms with van der Waals surface area (Å²) < 4.78 is 0. The molecular weight excluding hydrogens is 268 g/mol. The van der Waals surface area contributed by atoms with Gasteiger partial charge < -0.3 is 15.3 Å². The van der Waals surface area contributed by atoms with Gasteiger partial charge in [0.05, 0.1) is 0 Å². The number of nitrogens with one attached hydrogen (secondary N) is 1. The number of aliphatic carboxylic acids is 1. The molecule has 120 valence electrons. The second-order valence-corrected chi connectivity index (χ2v) is 6.66. The van der Waals surface area contributed by atoms with Crippen molar-refractivity contribution in [3.05, 3.63) is 0 Å². The van der Waals surface area contributed by atoms with Crippen molar-refractivity contribution in [2.45, 2.75) is 64.3 Å². The lowest BCUT2D eigenvalue weighted by molar-refractivity contribution is -0.138. The molecule has 1 aliphatic carbocycles. The van der Waals surface area contributed by atoms with Crippen LogP contribution in [0.2, 0.25) is 0 Å². The van der Waals surface area contributed by atoms with Crippen LogP contribution in [0.3, 0.4) is 0 Å². The summed E-state index contributed by atoms with van der Waals surface area (Å²) in [5.74, 6) is 0.110. The highest BCUT2D eigenvalue weighted by Gasteiger charge is 2.27. The molecule has 5 heteroatoms. The van der Waals surface area contributed by atoms with Crippen LogP contribution in [0.5, 0.6) is 0 Å². The topological polar surface area (TPSA) is 69.6 Å². The van der Waals surface area contributed by atoms with E-state index in [9.17, 15) is 9.59 Å². The zero-order valence-corrected chi connectivity index (χ0v) is 13.0. The predicted molar refractivity (Wildman–Crippen MR) is 81.1 cm³/mol. The number of hydrogen-bond acceptors (Lipinski definition) is 2. The first-order chi connectivity index (χ1) is 10.1. The number of carbonyl (C=O) groups is 2. The minimum absolute atomic E-state index is 0.0295. The van der Waals surface area contributed by atoms with Gasteiger partial charge in [-0.25, -0.2) is 4.79 Å². The van der Waals surface area contributed by atoms with Crippen LogP contribution in [0.1, 0.15) is 58.3 Å². The van der Waals surface area contributed by atoms with E-state index >= 15 is 0 Å². The van der Waals surface area contributed by atoms with Gasteiger partial charge in [0.2, 0.25) is 0 Å². The maximum atomic E-state index is 12.3. The van der Waals surface area contributed by atoms with Crippen LogP contribution in [0.4, 0.5) is 4.79 Å². The van der Waals surface area contributed by atoms with E-state index in [0.29, 0.717) is 19.0 Å². The maximum Gasteiger partial charge on any atom is 0.317 e. The Hall–Kier alpha value is -1.26. The van der Waals surface area contributed by atoms with E-state index in [4.69, 9.17) is 5.11 Å². The number of hydrogen-bond donors (Lipinski definition) is 2. The summed E-state index contributed by atoms with van der Waals surface area (Å²) >= 11 is 0. The van der Waals surface area contributed by atoms with Crippen molar-refractivity contribution in [1.29, 1.82) is 0 Å². The molecule has 1 aliphatic heterocycles. The number of amides is 2. The third kappa shape index (κ3) is 4.90. The Kier molecular flexibility index (Phi) is 5.88. The molecule has 2 aliphatic rings. The monoisotopic (exact) mass is 296 g/mol. The number of nitrogens with zero attached hydrogens (tertiary/aromatic N) is 1. The van der Waals surface area contributed by atoms with Gasteiger partial charge >= 0.3 is 12.0 Å². The third-order valence-electron chi connectivity index (χ3n) is 5.07. The van der Waals surface area contributed by atoms with Crippen molar-refractivity contribution in [3.8, 4) is 0 Å². The number of piperidine rings is 1. The number of rotatable bonds is 4. The smallest absolute Gasteiger partial charge is 0.317 e. The SMILES string of the molecule is CC(NC(=O)N1CCC(CC(=O)O)CC1)C1CCCCC1. The van der Waals surface area contributed by atoms with Gasteiger partial charge in [-0.1, -0.05) is 19.3 Å². The van der Waals surface area contributed by atoms with Gasteiger partial charge in [0.1, 0.15) is 0 Å². The summed E-state index contributed by atoms with van der Waals surface area (Å²) in [4.78, 5) is 24.8. The molecule has 2 fully saturated rings. The standard InChI is InChI=1S/C16H28N2O3/c1-12(14-5-3-2-4-6-14)17-16(21)18-9-7-13(8-10-18)11-15(19)20/h12-14H,2-11H2,1H3,(H,17,21)(H,19,20). The van der Waals surface area contributed by atoms with Crippen LogP contribution in [0.25, 0.3) is 0 Å². The van der Waals surface area contributed by atoms with Crippen LogP contribution in [-0.4, -0.2) is 41.1 Å². The minimum atomic E-state index is -0.733. The van der Waals surface area contributed by atoms with Crippen molar-refractivity contribution >= 4 is 12.0 Å². The Morgan fingerprint density at radius 1 is 1.14 bits per heavy atom. The Bertz CT molecular complexity index is 359. The van der Waals surface area contributed by atoms with Gasteiger partial charge in [-0.2, -0.15) is 0 Å². The van der Waals surface area contributed by atoms with E-state index in [1.807, 2.05) is 4.90 Å². The number of carbonyl (C=O) groups excluding carboxylic acids is 1. The van der Waals surface area contributed by atoms with Crippen molar-refractivity contribution < 1.29 is 14.7 Å². The zero-order chi connectivity index (χ0) is 15.2. The Morgan fingerprint density at radius 2 is 1.76 bits per heavy atom. The fourth-order valence-corrected chi connectivity index (χ4v) is 3.63. The second kappa shape index (κ2) is 7.66. The molecule has 0 aromatic heterocycles. The Balaban J connectivity index is 1.72. The van der Waals surface area contributed by atoms with Crippen LogP contribution in [-0.2, 0) is 4.79 Å². The summed E-state index contributed by atoms with van der Waals surface area (Å²) in [5, 5.41) is 12.0. The molecule has 2 amide bonds. The van der Waals surface area contributed by atoms with Gasteiger partial charge in [-0.15, -0.1) is 0 Å². The number of carboxylic acids is 1. The maximum absolute atomic E-state index is 12.3. The summed E-state index contributed by atoms with van der Waals surface area (Å²) in [6, 6.07) is 0.274. The number of urea groups is 1. The average molecular weight is 296 g/mol. The molecule has 21 heavy (non-hydrogen) atoms. The first-order valence-electron chi connectivity index (χ1n) is 8.33. The molecule has 1 heterocycles. The molecule has 1 saturated carbocycles. The third-order valence-corrected chi connectivity index (χ3v) is 5.07. The molecule has 1 unspecified atom stereocenters. The second-order valence-electron chi connectivity index (χ2n) is 6.66. The predicted octanol–water partition coefficient (Wildman–Crippen LogP) is 2.85. The molecule has 0 bridgehead atoms. The lowest BCUT2D eigenvalue weighted by Gasteiger charge is -2.34. The van der Waals surface area contributed by atoms with Crippen molar-refractivity contribution in [1.82, 2.24) is 10.2 Å². The average Bonchev–Trinajstić information content (AvgIpc) is 2.48. The van der Waals surface area contributed by atoms with Gasteiger partial charge in [-0.05, 0) is 44.4 Å². The van der Waals surface area contributed by atoms with E-state index in [1.165, 1.54) is 32.1 Å². The molecule has 2 N–H and O–H groups in total. The minimum Gasteiger partial charge on any atom is -0.481 e. The molecule has 2 rings (SSSR count). The fourth-order valence-electron chi connectivity index (χ4n) is 3.63. The highest BCUT2D eigenvalue weighted by Crippen LogP contribution is 2.26. The quantitative estimate of drug-likeness (QED) is 0.838. The number of likely N-dealkylation sites (tertiary alicyclic amines) is 1. The van der Waals surface area contributed by atoms with Gasteiger partial charge in [-0.3, -0.25) is 4.79 Å². The highest BCUT2D eigenvalue weighted by atomic mass is 16.4. The highest BCUT2D eigenvalue weighted by molar-refractivity contribution is 5.74. The van der Waals surface area contributed by atoms with E-state index in [1.54, 1.807) is 0 Å². The summed E-state index contributed by atoms with van der Waals surface area (Å²) in [7, 11) is 0. The molecule has 0 aromatic rings. The van der Waals surface area contributed by atoms with Crippen molar-refractivity contribution in [2.75, 3.05) is 13.1 Å². The molecule has 0 radical (unpaired) electrons. The van der Waals surface area contributed by atoms with E-state index in [0.717, 1.165) is 12.8 Å². The molecule has 1 saturated heterocycles. The molecule has 0 spiro atoms. The lowest BCUT2D eigenvalue weighted by Crippen LogP contribution is -2.49. The fraction of sp³-hybridized carbons (Fsp3) is 0.875. The number of carboxylic acid groups (broad SMARTS) is 1. The van der Waals surface area contributed by atoms with Crippen LogP contribution >= 0.6 is 0 Å². The van der Waals surface area contributed by atoms with E-state index in [-0.39, 0.29) is 24.4 Å². The van der Waals surface area contributed by atoms with E-state index < -0.39 is 5.97 Å². The Labute approximate surface area is 127 Å². The van der Waals surface area contributed by atoms with Gasteiger partial charge in [0.25, 0.3) is 0 Å². The van der Waals surface area contributed by atoms with Crippen LogP contribution in [0, 0.1) is 11.8 Å². The van der Waals surface area contributed by atoms with Crippen LogP contribution < -0.4 is 5.32 Å². The summed E-state index contributed by atoms with van der Waals surface area (Å²) in [6.45, 7) is 3.48. The van der Waals surface area contributed by atoms with Crippen LogP contribution in [0.15, 0.2) is 0 Å². The Morgan fingerprint density at radius 3 is 2.33 bits per heavy atom. The van der Waals surface area contributed by atoms with Crippen molar-refractivity contribution in [2.24, 2.45) is 11.8 Å². The molecule has 1 atom stereocenters. The summed E-state index contributed by atoms with van der Waals surface area (Å²) in [5.41, 5.74) is 0. The molecule has 5 nitrogen and oxygen atoms in total. The first kappa shape index (κ1) is 16.1. The normalized spacial score (nSPS) is 22.8. The zero-order valence-electron chi connectivity index (χ0n) is 13.0. The van der Waals surface area contributed by atoms with Gasteiger partial charge in [0, 0.05) is 25.6 Å². The van der Waals surface area contributed by atoms with Gasteiger partial charge in [0.15, 0.2) is 0 Å². The molecule has 0 aromatic carbocycles. The largest absolute Gasteiger partial charge is 0.481 e. The first-order valence-corrected chi connectivity index (χ1v) is 8.33. The summed E-state index contributed by atoms with van der Waals surface area (Å²) in [6.07, 6.45) is 8.18. The van der Waals surface area contributed by atoms with E-state index in [2.05, 4.69) is 12.2 Å².